The van der Waals surface area contributed by atoms with E-state index in [1.165, 1.54) is 11.1 Å². The lowest BCUT2D eigenvalue weighted by Crippen LogP contribution is -1.93. The quantitative estimate of drug-likeness (QED) is 0.742. The molecule has 0 aromatic heterocycles. The van der Waals surface area contributed by atoms with Gasteiger partial charge >= 0.3 is 0 Å². The van der Waals surface area contributed by atoms with E-state index in [-0.39, 0.29) is 6.61 Å². The van der Waals surface area contributed by atoms with Crippen molar-refractivity contribution in [1.82, 2.24) is 0 Å². The lowest BCUT2D eigenvalue weighted by molar-refractivity contribution is 0.330. The molecule has 2 rings (SSSR count). The smallest absolute Gasteiger partial charge is 0.122 e. The van der Waals surface area contributed by atoms with E-state index in [1.807, 2.05) is 24.3 Å². The number of rotatable bonds is 2. The summed E-state index contributed by atoms with van der Waals surface area (Å²) in [6.45, 7) is 0.137. The third-order valence-electron chi connectivity index (χ3n) is 2.36. The van der Waals surface area contributed by atoms with Crippen molar-refractivity contribution in [3.8, 4) is 5.75 Å². The van der Waals surface area contributed by atoms with Gasteiger partial charge in [0.1, 0.15) is 5.75 Å². The summed E-state index contributed by atoms with van der Waals surface area (Å²) in [4.78, 5) is 0. The molecule has 0 radical (unpaired) electrons. The molecule has 68 valence electrons. The number of methoxy groups -OCH3 is 1. The van der Waals surface area contributed by atoms with Gasteiger partial charge in [0.25, 0.3) is 0 Å². The van der Waals surface area contributed by atoms with Crippen molar-refractivity contribution in [3.63, 3.8) is 0 Å². The highest BCUT2D eigenvalue weighted by Crippen LogP contribution is 2.31. The van der Waals surface area contributed by atoms with E-state index in [1.54, 1.807) is 7.11 Å². The van der Waals surface area contributed by atoms with Crippen LogP contribution in [-0.2, 0) is 6.42 Å². The van der Waals surface area contributed by atoms with Crippen LogP contribution in [0.25, 0.3) is 6.08 Å². The van der Waals surface area contributed by atoms with Crippen LogP contribution in [0.5, 0.6) is 5.75 Å². The number of hydrogen-bond acceptors (Lipinski definition) is 2. The van der Waals surface area contributed by atoms with Crippen molar-refractivity contribution < 1.29 is 9.84 Å². The van der Waals surface area contributed by atoms with Crippen LogP contribution < -0.4 is 4.74 Å². The van der Waals surface area contributed by atoms with Crippen molar-refractivity contribution in [2.45, 2.75) is 6.42 Å². The monoisotopic (exact) mass is 176 g/mol. The Morgan fingerprint density at radius 3 is 3.00 bits per heavy atom. The van der Waals surface area contributed by atoms with Gasteiger partial charge in [-0.25, -0.2) is 0 Å². The molecule has 0 unspecified atom stereocenters. The maximum Gasteiger partial charge on any atom is 0.122 e. The minimum Gasteiger partial charge on any atom is -0.496 e. The van der Waals surface area contributed by atoms with E-state index in [4.69, 9.17) is 9.84 Å². The van der Waals surface area contributed by atoms with E-state index in [0.29, 0.717) is 0 Å². The van der Waals surface area contributed by atoms with Crippen LogP contribution in [0, 0.1) is 0 Å². The van der Waals surface area contributed by atoms with E-state index in [0.717, 1.165) is 17.7 Å². The lowest BCUT2D eigenvalue weighted by Gasteiger charge is -2.06. The van der Waals surface area contributed by atoms with E-state index >= 15 is 0 Å². The Kier molecular flexibility index (Phi) is 2.07. The summed E-state index contributed by atoms with van der Waals surface area (Å²) in [6, 6.07) is 5.96. The fourth-order valence-electron chi connectivity index (χ4n) is 1.70. The number of fused-ring (bicyclic) bond motifs is 1. The second-order valence-corrected chi connectivity index (χ2v) is 3.17. The van der Waals surface area contributed by atoms with Crippen LogP contribution >= 0.6 is 0 Å². The average Bonchev–Trinajstić information content (AvgIpc) is 2.59. The molecule has 0 amide bonds. The molecule has 1 aliphatic rings. The molecule has 0 saturated carbocycles. The first-order chi connectivity index (χ1) is 6.35. The molecule has 1 aromatic carbocycles. The zero-order chi connectivity index (χ0) is 9.26. The largest absolute Gasteiger partial charge is 0.496 e. The standard InChI is InChI=1S/C11H12O2/c1-13-11-4-2-3-9-5-8(7-12)6-10(9)11/h2-5,12H,6-7H2,1H3. The van der Waals surface area contributed by atoms with Crippen molar-refractivity contribution in [3.05, 3.63) is 34.9 Å². The fraction of sp³-hybridized carbons (Fsp3) is 0.273. The highest BCUT2D eigenvalue weighted by Gasteiger charge is 2.15. The Labute approximate surface area is 77.5 Å². The molecule has 1 aliphatic carbocycles. The number of hydrogen-bond donors (Lipinski definition) is 1. The Morgan fingerprint density at radius 2 is 2.31 bits per heavy atom. The number of ether oxygens (including phenoxy) is 1. The van der Waals surface area contributed by atoms with Gasteiger partial charge in [-0.2, -0.15) is 0 Å². The maximum atomic E-state index is 8.99. The van der Waals surface area contributed by atoms with Crippen LogP contribution in [-0.4, -0.2) is 18.8 Å². The minimum absolute atomic E-state index is 0.137. The van der Waals surface area contributed by atoms with Crippen LogP contribution in [0.3, 0.4) is 0 Å². The Hall–Kier alpha value is -1.28. The van der Waals surface area contributed by atoms with Crippen LogP contribution in [0.1, 0.15) is 11.1 Å². The van der Waals surface area contributed by atoms with E-state index < -0.39 is 0 Å². The molecule has 0 spiro atoms. The summed E-state index contributed by atoms with van der Waals surface area (Å²) in [7, 11) is 1.67. The summed E-state index contributed by atoms with van der Waals surface area (Å²) >= 11 is 0. The lowest BCUT2D eigenvalue weighted by atomic mass is 10.1. The van der Waals surface area contributed by atoms with Gasteiger partial charge < -0.3 is 9.84 Å². The minimum atomic E-state index is 0.137. The van der Waals surface area contributed by atoms with Crippen LogP contribution in [0.2, 0.25) is 0 Å². The third kappa shape index (κ3) is 1.33. The highest BCUT2D eigenvalue weighted by molar-refractivity contribution is 5.67. The second-order valence-electron chi connectivity index (χ2n) is 3.17. The summed E-state index contributed by atoms with van der Waals surface area (Å²) in [5.41, 5.74) is 3.41. The first-order valence-electron chi connectivity index (χ1n) is 4.31. The molecular formula is C11H12O2. The third-order valence-corrected chi connectivity index (χ3v) is 2.36. The molecule has 0 saturated heterocycles. The highest BCUT2D eigenvalue weighted by atomic mass is 16.5. The average molecular weight is 176 g/mol. The zero-order valence-corrected chi connectivity index (χ0v) is 7.58. The predicted molar refractivity (Wildman–Crippen MR) is 51.8 cm³/mol. The van der Waals surface area contributed by atoms with Gasteiger partial charge in [-0.1, -0.05) is 18.2 Å². The van der Waals surface area contributed by atoms with Gasteiger partial charge in [-0.15, -0.1) is 0 Å². The molecule has 0 atom stereocenters. The van der Waals surface area contributed by atoms with Crippen molar-refractivity contribution >= 4 is 6.08 Å². The molecule has 2 nitrogen and oxygen atoms in total. The number of aliphatic hydroxyl groups excluding tert-OH is 1. The van der Waals surface area contributed by atoms with Crippen molar-refractivity contribution in [2.75, 3.05) is 13.7 Å². The zero-order valence-electron chi connectivity index (χ0n) is 7.58. The van der Waals surface area contributed by atoms with Gasteiger partial charge in [-0.05, 0) is 17.2 Å². The molecule has 0 bridgehead atoms. The van der Waals surface area contributed by atoms with Crippen LogP contribution in [0.15, 0.2) is 23.8 Å². The second kappa shape index (κ2) is 3.23. The van der Waals surface area contributed by atoms with Crippen LogP contribution in [0.4, 0.5) is 0 Å². The maximum absolute atomic E-state index is 8.99. The molecule has 1 aromatic rings. The summed E-state index contributed by atoms with van der Waals surface area (Å²) in [5.74, 6) is 0.914. The number of aliphatic hydroxyl groups is 1. The van der Waals surface area contributed by atoms with Gasteiger partial charge in [0.05, 0.1) is 13.7 Å². The van der Waals surface area contributed by atoms with Crippen molar-refractivity contribution in [2.24, 2.45) is 0 Å². The van der Waals surface area contributed by atoms with Gasteiger partial charge in [0.15, 0.2) is 0 Å². The van der Waals surface area contributed by atoms with Gasteiger partial charge in [0, 0.05) is 12.0 Å². The molecule has 0 aliphatic heterocycles. The molecule has 13 heavy (non-hydrogen) atoms. The topological polar surface area (TPSA) is 29.5 Å². The Bertz CT molecular complexity index is 353. The van der Waals surface area contributed by atoms with Crippen molar-refractivity contribution in [1.29, 1.82) is 0 Å². The predicted octanol–water partition coefficient (Wildman–Crippen LogP) is 1.63. The summed E-state index contributed by atoms with van der Waals surface area (Å²) in [5, 5.41) is 8.99. The molecule has 1 N–H and O–H groups in total. The fourth-order valence-corrected chi connectivity index (χ4v) is 1.70. The normalized spacial score (nSPS) is 13.8. The van der Waals surface area contributed by atoms with E-state index in [2.05, 4.69) is 0 Å². The summed E-state index contributed by atoms with van der Waals surface area (Å²) in [6.07, 6.45) is 2.84. The Balaban J connectivity index is 2.41. The van der Waals surface area contributed by atoms with Gasteiger partial charge in [0.2, 0.25) is 0 Å². The SMILES string of the molecule is COc1cccc2c1CC(CO)=C2. The Morgan fingerprint density at radius 1 is 1.46 bits per heavy atom. The first kappa shape index (κ1) is 8.32. The first-order valence-corrected chi connectivity index (χ1v) is 4.31. The molecule has 0 heterocycles. The molecular weight excluding hydrogens is 164 g/mol. The van der Waals surface area contributed by atoms with Gasteiger partial charge in [-0.3, -0.25) is 0 Å². The summed E-state index contributed by atoms with van der Waals surface area (Å²) < 4.78 is 5.23. The molecule has 2 heteroatoms. The number of benzene rings is 1. The van der Waals surface area contributed by atoms with E-state index in [9.17, 15) is 0 Å². The molecule has 0 fully saturated rings.